The van der Waals surface area contributed by atoms with E-state index in [4.69, 9.17) is 4.98 Å². The van der Waals surface area contributed by atoms with Crippen molar-refractivity contribution in [2.45, 2.75) is 13.3 Å². The summed E-state index contributed by atoms with van der Waals surface area (Å²) in [6.07, 6.45) is 4.42. The van der Waals surface area contributed by atoms with Gasteiger partial charge >= 0.3 is 0 Å². The van der Waals surface area contributed by atoms with Gasteiger partial charge in [0.05, 0.1) is 11.1 Å². The van der Waals surface area contributed by atoms with Crippen LogP contribution >= 0.6 is 11.3 Å². The van der Waals surface area contributed by atoms with Gasteiger partial charge in [0.15, 0.2) is 5.82 Å². The zero-order valence-corrected chi connectivity index (χ0v) is 14.4. The molecule has 0 radical (unpaired) electrons. The third-order valence-electron chi connectivity index (χ3n) is 3.87. The van der Waals surface area contributed by atoms with E-state index in [2.05, 4.69) is 28.3 Å². The minimum absolute atomic E-state index is 0.183. The zero-order chi connectivity index (χ0) is 17.2. The SMILES string of the molecule is CCc1cc2c(Nc3ccccc3O)nc(-c3cccnc3)nc2s1. The first-order chi connectivity index (χ1) is 12.2. The average Bonchev–Trinajstić information content (AvgIpc) is 3.08. The van der Waals surface area contributed by atoms with Crippen molar-refractivity contribution in [3.05, 3.63) is 59.7 Å². The normalized spacial score (nSPS) is 10.9. The van der Waals surface area contributed by atoms with Crippen LogP contribution in [0, 0.1) is 0 Å². The number of aromatic nitrogens is 3. The van der Waals surface area contributed by atoms with Gasteiger partial charge in [-0.3, -0.25) is 4.98 Å². The molecule has 3 aromatic heterocycles. The molecule has 1 aromatic carbocycles. The molecule has 5 nitrogen and oxygen atoms in total. The van der Waals surface area contributed by atoms with E-state index in [9.17, 15) is 5.11 Å². The van der Waals surface area contributed by atoms with Gasteiger partial charge in [-0.2, -0.15) is 0 Å². The summed E-state index contributed by atoms with van der Waals surface area (Å²) in [6.45, 7) is 2.12. The summed E-state index contributed by atoms with van der Waals surface area (Å²) in [5.74, 6) is 1.48. The molecule has 0 fully saturated rings. The van der Waals surface area contributed by atoms with Crippen molar-refractivity contribution in [3.8, 4) is 17.1 Å². The lowest BCUT2D eigenvalue weighted by Crippen LogP contribution is -1.98. The maximum Gasteiger partial charge on any atom is 0.164 e. The molecule has 0 bridgehead atoms. The molecular formula is C19H16N4OS. The number of nitrogens with zero attached hydrogens (tertiary/aromatic N) is 3. The van der Waals surface area contributed by atoms with Crippen molar-refractivity contribution in [1.29, 1.82) is 0 Å². The van der Waals surface area contributed by atoms with E-state index in [1.54, 1.807) is 35.9 Å². The quantitative estimate of drug-likeness (QED) is 0.520. The molecule has 0 atom stereocenters. The molecule has 4 rings (SSSR count). The molecule has 0 saturated carbocycles. The van der Waals surface area contributed by atoms with Crippen molar-refractivity contribution >= 4 is 33.1 Å². The van der Waals surface area contributed by atoms with Crippen LogP contribution in [0.3, 0.4) is 0 Å². The van der Waals surface area contributed by atoms with Crippen LogP contribution in [0.1, 0.15) is 11.8 Å². The Morgan fingerprint density at radius 2 is 2.00 bits per heavy atom. The van der Waals surface area contributed by atoms with E-state index in [-0.39, 0.29) is 5.75 Å². The number of aromatic hydroxyl groups is 1. The summed E-state index contributed by atoms with van der Waals surface area (Å²) in [7, 11) is 0. The van der Waals surface area contributed by atoms with Crippen LogP contribution in [0.5, 0.6) is 5.75 Å². The fraction of sp³-hybridized carbons (Fsp3) is 0.105. The van der Waals surface area contributed by atoms with Gasteiger partial charge in [0.1, 0.15) is 16.4 Å². The summed E-state index contributed by atoms with van der Waals surface area (Å²) < 4.78 is 0. The summed E-state index contributed by atoms with van der Waals surface area (Å²) in [5, 5.41) is 14.3. The summed E-state index contributed by atoms with van der Waals surface area (Å²) in [6, 6.07) is 13.0. The lowest BCUT2D eigenvalue weighted by Gasteiger charge is -2.10. The standard InChI is InChI=1S/C19H16N4OS/c1-2-13-10-14-18(21-15-7-3-4-8-16(15)24)22-17(23-19(14)25-13)12-6-5-9-20-11-12/h3-11,24H,2H2,1H3,(H,21,22,23). The van der Waals surface area contributed by atoms with Crippen LogP contribution < -0.4 is 5.32 Å². The first kappa shape index (κ1) is 15.5. The smallest absolute Gasteiger partial charge is 0.164 e. The molecular weight excluding hydrogens is 332 g/mol. The molecule has 0 unspecified atom stereocenters. The Kier molecular flexibility index (Phi) is 4.03. The largest absolute Gasteiger partial charge is 0.506 e. The molecule has 0 spiro atoms. The molecule has 0 saturated heterocycles. The molecule has 124 valence electrons. The highest BCUT2D eigenvalue weighted by molar-refractivity contribution is 7.18. The summed E-state index contributed by atoms with van der Waals surface area (Å²) >= 11 is 1.66. The molecule has 2 N–H and O–H groups in total. The van der Waals surface area contributed by atoms with Gasteiger partial charge in [0, 0.05) is 22.8 Å². The van der Waals surface area contributed by atoms with Crippen molar-refractivity contribution < 1.29 is 5.11 Å². The molecule has 0 aliphatic heterocycles. The summed E-state index contributed by atoms with van der Waals surface area (Å²) in [4.78, 5) is 15.7. The number of fused-ring (bicyclic) bond motifs is 1. The van der Waals surface area contributed by atoms with Gasteiger partial charge in [-0.05, 0) is 36.8 Å². The fourth-order valence-electron chi connectivity index (χ4n) is 2.57. The van der Waals surface area contributed by atoms with Gasteiger partial charge in [-0.1, -0.05) is 19.1 Å². The number of hydrogen-bond acceptors (Lipinski definition) is 6. The van der Waals surface area contributed by atoms with E-state index < -0.39 is 0 Å². The molecule has 0 amide bonds. The molecule has 4 aromatic rings. The van der Waals surface area contributed by atoms with Crippen LogP contribution in [-0.4, -0.2) is 20.1 Å². The first-order valence-electron chi connectivity index (χ1n) is 8.00. The zero-order valence-electron chi connectivity index (χ0n) is 13.6. The van der Waals surface area contributed by atoms with E-state index >= 15 is 0 Å². The van der Waals surface area contributed by atoms with Crippen LogP contribution in [0.25, 0.3) is 21.6 Å². The van der Waals surface area contributed by atoms with E-state index in [0.29, 0.717) is 17.3 Å². The van der Waals surface area contributed by atoms with Gasteiger partial charge in [-0.15, -0.1) is 11.3 Å². The highest BCUT2D eigenvalue weighted by Crippen LogP contribution is 2.34. The highest BCUT2D eigenvalue weighted by Gasteiger charge is 2.14. The number of nitrogens with one attached hydrogen (secondary N) is 1. The molecule has 25 heavy (non-hydrogen) atoms. The Balaban J connectivity index is 1.88. The molecule has 0 aliphatic rings. The maximum absolute atomic E-state index is 10.1. The number of phenols is 1. The Hall–Kier alpha value is -2.99. The third-order valence-corrected chi connectivity index (χ3v) is 5.04. The number of para-hydroxylation sites is 2. The van der Waals surface area contributed by atoms with Crippen LogP contribution in [-0.2, 0) is 6.42 Å². The minimum Gasteiger partial charge on any atom is -0.506 e. The lowest BCUT2D eigenvalue weighted by molar-refractivity contribution is 0.478. The second-order valence-corrected chi connectivity index (χ2v) is 6.68. The number of aryl methyl sites for hydroxylation is 1. The van der Waals surface area contributed by atoms with Gasteiger partial charge < -0.3 is 10.4 Å². The predicted octanol–water partition coefficient (Wildman–Crippen LogP) is 4.76. The number of benzene rings is 1. The van der Waals surface area contributed by atoms with Crippen molar-refractivity contribution in [2.24, 2.45) is 0 Å². The molecule has 6 heteroatoms. The Morgan fingerprint density at radius 3 is 2.76 bits per heavy atom. The number of phenolic OH excluding ortho intramolecular Hbond substituents is 1. The van der Waals surface area contributed by atoms with E-state index in [1.165, 1.54) is 4.88 Å². The average molecular weight is 348 g/mol. The lowest BCUT2D eigenvalue weighted by atomic mass is 10.2. The number of pyridine rings is 1. The molecule has 3 heterocycles. The number of rotatable bonds is 4. The van der Waals surface area contributed by atoms with E-state index in [0.717, 1.165) is 22.2 Å². The van der Waals surface area contributed by atoms with E-state index in [1.807, 2.05) is 24.3 Å². The first-order valence-corrected chi connectivity index (χ1v) is 8.82. The second kappa shape index (κ2) is 6.49. The van der Waals surface area contributed by atoms with Crippen LogP contribution in [0.2, 0.25) is 0 Å². The van der Waals surface area contributed by atoms with Crippen molar-refractivity contribution in [1.82, 2.24) is 15.0 Å². The second-order valence-electron chi connectivity index (χ2n) is 5.56. The predicted molar refractivity (Wildman–Crippen MR) is 101 cm³/mol. The summed E-state index contributed by atoms with van der Waals surface area (Å²) in [5.41, 5.74) is 1.47. The minimum atomic E-state index is 0.183. The van der Waals surface area contributed by atoms with Crippen molar-refractivity contribution in [3.63, 3.8) is 0 Å². The van der Waals surface area contributed by atoms with Gasteiger partial charge in [-0.25, -0.2) is 9.97 Å². The Morgan fingerprint density at radius 1 is 1.12 bits per heavy atom. The highest BCUT2D eigenvalue weighted by atomic mass is 32.1. The van der Waals surface area contributed by atoms with Gasteiger partial charge in [0.25, 0.3) is 0 Å². The van der Waals surface area contributed by atoms with Crippen LogP contribution in [0.4, 0.5) is 11.5 Å². The maximum atomic E-state index is 10.1. The number of anilines is 2. The third kappa shape index (κ3) is 3.04. The molecule has 0 aliphatic carbocycles. The van der Waals surface area contributed by atoms with Crippen molar-refractivity contribution in [2.75, 3.05) is 5.32 Å². The van der Waals surface area contributed by atoms with Gasteiger partial charge in [0.2, 0.25) is 0 Å². The topological polar surface area (TPSA) is 70.9 Å². The number of hydrogen-bond donors (Lipinski definition) is 2. The Bertz CT molecular complexity index is 1030. The van der Waals surface area contributed by atoms with Crippen LogP contribution in [0.15, 0.2) is 54.9 Å². The number of thiophene rings is 1. The fourth-order valence-corrected chi connectivity index (χ4v) is 3.54. The monoisotopic (exact) mass is 348 g/mol. The Labute approximate surface area is 149 Å².